The topological polar surface area (TPSA) is 53.4 Å². The number of hydrogen-bond acceptors (Lipinski definition) is 4. The summed E-state index contributed by atoms with van der Waals surface area (Å²) in [6.45, 7) is 0.227. The third-order valence-corrected chi connectivity index (χ3v) is 4.86. The number of para-hydroxylation sites is 1. The lowest BCUT2D eigenvalue weighted by Crippen LogP contribution is -2.08. The van der Waals surface area contributed by atoms with Gasteiger partial charge in [-0.05, 0) is 54.1 Å². The Labute approximate surface area is 179 Å². The molecule has 0 fully saturated rings. The van der Waals surface area contributed by atoms with Gasteiger partial charge in [-0.3, -0.25) is 0 Å². The molecule has 3 aromatic carbocycles. The maximum absolute atomic E-state index is 13.4. The Hall–Kier alpha value is -3.93. The van der Waals surface area contributed by atoms with Crippen molar-refractivity contribution < 1.29 is 18.7 Å². The van der Waals surface area contributed by atoms with Crippen molar-refractivity contribution in [3.05, 3.63) is 102 Å². The van der Waals surface area contributed by atoms with E-state index in [2.05, 4.69) is 5.10 Å². The summed E-state index contributed by atoms with van der Waals surface area (Å²) >= 11 is 0. The smallest absolute Gasteiger partial charge is 0.342 e. The molecule has 5 nitrogen and oxygen atoms in total. The lowest BCUT2D eigenvalue weighted by atomic mass is 10.1. The highest BCUT2D eigenvalue weighted by Crippen LogP contribution is 2.25. The van der Waals surface area contributed by atoms with E-state index in [4.69, 9.17) is 9.47 Å². The Balaban J connectivity index is 1.55. The number of ether oxygens (including phenoxy) is 2. The number of hydrogen-bond donors (Lipinski definition) is 0. The summed E-state index contributed by atoms with van der Waals surface area (Å²) < 4.78 is 25.7. The molecule has 0 aliphatic rings. The number of carbonyl (C=O) groups is 1. The molecule has 0 aliphatic carbocycles. The second kappa shape index (κ2) is 9.26. The first-order chi connectivity index (χ1) is 15.1. The van der Waals surface area contributed by atoms with Crippen molar-refractivity contribution in [1.82, 2.24) is 9.78 Å². The summed E-state index contributed by atoms with van der Waals surface area (Å²) in [5.41, 5.74) is 3.25. The van der Waals surface area contributed by atoms with E-state index in [-0.39, 0.29) is 12.4 Å². The highest BCUT2D eigenvalue weighted by Gasteiger charge is 2.20. The first-order valence-corrected chi connectivity index (χ1v) is 9.85. The number of aromatic nitrogens is 2. The number of nitrogens with zero attached hydrogens (tertiary/aromatic N) is 2. The summed E-state index contributed by atoms with van der Waals surface area (Å²) in [7, 11) is 1.62. The minimum absolute atomic E-state index is 0.227. The molecule has 156 valence electrons. The van der Waals surface area contributed by atoms with Gasteiger partial charge in [0, 0.05) is 18.2 Å². The van der Waals surface area contributed by atoms with Gasteiger partial charge in [0.1, 0.15) is 22.8 Å². The number of rotatable bonds is 7. The van der Waals surface area contributed by atoms with Crippen LogP contribution in [0.2, 0.25) is 0 Å². The van der Waals surface area contributed by atoms with Crippen molar-refractivity contribution in [3.63, 3.8) is 0 Å². The molecule has 0 atom stereocenters. The zero-order chi connectivity index (χ0) is 21.6. The van der Waals surface area contributed by atoms with Crippen LogP contribution in [0.5, 0.6) is 5.75 Å². The molecule has 6 heteroatoms. The highest BCUT2D eigenvalue weighted by atomic mass is 19.1. The third kappa shape index (κ3) is 4.80. The second-order valence-corrected chi connectivity index (χ2v) is 6.91. The molecule has 0 saturated carbocycles. The Morgan fingerprint density at radius 3 is 2.35 bits per heavy atom. The average molecular weight is 416 g/mol. The van der Waals surface area contributed by atoms with Crippen LogP contribution in [0.1, 0.15) is 15.9 Å². The number of carbonyl (C=O) groups excluding carboxylic acids is 1. The van der Waals surface area contributed by atoms with Crippen LogP contribution < -0.4 is 4.74 Å². The molecule has 0 bridgehead atoms. The maximum atomic E-state index is 13.4. The zero-order valence-corrected chi connectivity index (χ0v) is 17.0. The van der Waals surface area contributed by atoms with Crippen LogP contribution >= 0.6 is 0 Å². The van der Waals surface area contributed by atoms with Gasteiger partial charge in [0.2, 0.25) is 0 Å². The number of methoxy groups -OCH3 is 1. The maximum Gasteiger partial charge on any atom is 0.342 e. The summed E-state index contributed by atoms with van der Waals surface area (Å²) in [4.78, 5) is 12.9. The van der Waals surface area contributed by atoms with Crippen LogP contribution in [-0.4, -0.2) is 29.5 Å². The molecule has 0 aliphatic heterocycles. The van der Waals surface area contributed by atoms with Gasteiger partial charge in [0.05, 0.1) is 19.4 Å². The number of halogens is 1. The van der Waals surface area contributed by atoms with E-state index in [0.29, 0.717) is 23.2 Å². The fraction of sp³-hybridized carbons (Fsp3) is 0.120. The fourth-order valence-electron chi connectivity index (χ4n) is 3.19. The van der Waals surface area contributed by atoms with Crippen LogP contribution in [-0.2, 0) is 11.2 Å². The molecule has 31 heavy (non-hydrogen) atoms. The van der Waals surface area contributed by atoms with Crippen LogP contribution in [0.4, 0.5) is 4.39 Å². The van der Waals surface area contributed by atoms with Gasteiger partial charge in [-0.15, -0.1) is 0 Å². The van der Waals surface area contributed by atoms with Crippen molar-refractivity contribution >= 4 is 5.97 Å². The predicted octanol–water partition coefficient (Wildman–Crippen LogP) is 5.09. The molecule has 0 N–H and O–H groups in total. The van der Waals surface area contributed by atoms with E-state index in [9.17, 15) is 9.18 Å². The van der Waals surface area contributed by atoms with Crippen molar-refractivity contribution in [2.24, 2.45) is 0 Å². The van der Waals surface area contributed by atoms with Crippen molar-refractivity contribution in [3.8, 4) is 22.7 Å². The van der Waals surface area contributed by atoms with Crippen LogP contribution in [0.25, 0.3) is 16.9 Å². The van der Waals surface area contributed by atoms with Gasteiger partial charge in [-0.25, -0.2) is 13.9 Å². The number of benzene rings is 3. The second-order valence-electron chi connectivity index (χ2n) is 6.91. The van der Waals surface area contributed by atoms with E-state index in [1.165, 1.54) is 12.1 Å². The molecule has 4 rings (SSSR count). The Bertz CT molecular complexity index is 1150. The molecular formula is C25H21FN2O3. The van der Waals surface area contributed by atoms with E-state index < -0.39 is 5.97 Å². The summed E-state index contributed by atoms with van der Waals surface area (Å²) in [6, 6.07) is 23.0. The normalized spacial score (nSPS) is 10.6. The highest BCUT2D eigenvalue weighted by molar-refractivity contribution is 5.96. The molecular weight excluding hydrogens is 395 g/mol. The Morgan fingerprint density at radius 2 is 1.68 bits per heavy atom. The van der Waals surface area contributed by atoms with Gasteiger partial charge < -0.3 is 9.47 Å². The SMILES string of the molecule is COc1ccc(CCOC(=O)c2cn(-c3ccccc3)nc2-c2ccc(F)cc2)cc1. The first kappa shape index (κ1) is 20.3. The van der Waals surface area contributed by atoms with E-state index in [1.54, 1.807) is 30.1 Å². The molecule has 0 unspecified atom stereocenters. The Kier molecular flexibility index (Phi) is 6.08. The van der Waals surface area contributed by atoms with E-state index in [0.717, 1.165) is 17.0 Å². The zero-order valence-electron chi connectivity index (χ0n) is 17.0. The standard InChI is InChI=1S/C25H21FN2O3/c1-30-22-13-7-18(8-14-22)15-16-31-25(29)23-17-28(21-5-3-2-4-6-21)27-24(23)19-9-11-20(26)12-10-19/h2-14,17H,15-16H2,1H3. The van der Waals surface area contributed by atoms with Gasteiger partial charge in [0.15, 0.2) is 0 Å². The van der Waals surface area contributed by atoms with Crippen molar-refractivity contribution in [2.75, 3.05) is 13.7 Å². The molecule has 0 amide bonds. The van der Waals surface area contributed by atoms with Crippen molar-refractivity contribution in [2.45, 2.75) is 6.42 Å². The molecule has 1 heterocycles. The van der Waals surface area contributed by atoms with Gasteiger partial charge in [-0.1, -0.05) is 30.3 Å². The summed E-state index contributed by atoms with van der Waals surface area (Å²) in [6.07, 6.45) is 2.22. The molecule has 4 aromatic rings. The van der Waals surface area contributed by atoms with Crippen LogP contribution in [0, 0.1) is 5.82 Å². The molecule has 1 aromatic heterocycles. The van der Waals surface area contributed by atoms with Crippen molar-refractivity contribution in [1.29, 1.82) is 0 Å². The fourth-order valence-corrected chi connectivity index (χ4v) is 3.19. The first-order valence-electron chi connectivity index (χ1n) is 9.85. The molecule has 0 radical (unpaired) electrons. The minimum atomic E-state index is -0.477. The van der Waals surface area contributed by atoms with Gasteiger partial charge in [0.25, 0.3) is 0 Å². The average Bonchev–Trinajstić information content (AvgIpc) is 3.26. The Morgan fingerprint density at radius 1 is 0.968 bits per heavy atom. The lowest BCUT2D eigenvalue weighted by Gasteiger charge is -2.06. The monoisotopic (exact) mass is 416 g/mol. The van der Waals surface area contributed by atoms with E-state index >= 15 is 0 Å². The third-order valence-electron chi connectivity index (χ3n) is 4.86. The van der Waals surface area contributed by atoms with Crippen LogP contribution in [0.15, 0.2) is 85.1 Å². The number of esters is 1. The summed E-state index contributed by atoms with van der Waals surface area (Å²) in [5.74, 6) is -0.0529. The van der Waals surface area contributed by atoms with Gasteiger partial charge >= 0.3 is 5.97 Å². The minimum Gasteiger partial charge on any atom is -0.497 e. The van der Waals surface area contributed by atoms with Gasteiger partial charge in [-0.2, -0.15) is 5.10 Å². The van der Waals surface area contributed by atoms with E-state index in [1.807, 2.05) is 54.6 Å². The van der Waals surface area contributed by atoms with Crippen LogP contribution in [0.3, 0.4) is 0 Å². The summed E-state index contributed by atoms with van der Waals surface area (Å²) in [5, 5.41) is 4.57. The molecule has 0 spiro atoms. The molecule has 0 saturated heterocycles. The quantitative estimate of drug-likeness (QED) is 0.394. The largest absolute Gasteiger partial charge is 0.497 e. The lowest BCUT2D eigenvalue weighted by molar-refractivity contribution is 0.0510. The predicted molar refractivity (Wildman–Crippen MR) is 116 cm³/mol.